The van der Waals surface area contributed by atoms with Gasteiger partial charge in [-0.2, -0.15) is 13.2 Å². The van der Waals surface area contributed by atoms with Crippen molar-refractivity contribution < 1.29 is 13.2 Å². The summed E-state index contributed by atoms with van der Waals surface area (Å²) in [5.74, 6) is 0. The van der Waals surface area contributed by atoms with Crippen LogP contribution in [0.4, 0.5) is 13.2 Å². The fourth-order valence-electron chi connectivity index (χ4n) is 1.77. The highest BCUT2D eigenvalue weighted by Crippen LogP contribution is 2.27. The van der Waals surface area contributed by atoms with Crippen LogP contribution in [-0.4, -0.2) is 13.2 Å². The van der Waals surface area contributed by atoms with Crippen LogP contribution in [0.2, 0.25) is 0 Å². The van der Waals surface area contributed by atoms with Gasteiger partial charge in [-0.15, -0.1) is 0 Å². The summed E-state index contributed by atoms with van der Waals surface area (Å²) in [6, 6.07) is 7.50. The summed E-state index contributed by atoms with van der Waals surface area (Å²) >= 11 is 0. The first kappa shape index (κ1) is 14.0. The molecule has 17 heavy (non-hydrogen) atoms. The van der Waals surface area contributed by atoms with Crippen molar-refractivity contribution in [2.45, 2.75) is 38.4 Å². The lowest BCUT2D eigenvalue weighted by Crippen LogP contribution is -2.19. The van der Waals surface area contributed by atoms with E-state index in [1.54, 1.807) is 7.05 Å². The van der Waals surface area contributed by atoms with Crippen molar-refractivity contribution in [1.29, 1.82) is 0 Å². The van der Waals surface area contributed by atoms with E-state index < -0.39 is 12.6 Å². The van der Waals surface area contributed by atoms with Gasteiger partial charge in [-0.3, -0.25) is 0 Å². The Hall–Kier alpha value is -1.03. The predicted octanol–water partition coefficient (Wildman–Crippen LogP) is 3.85. The van der Waals surface area contributed by atoms with Crippen LogP contribution in [0.25, 0.3) is 0 Å². The van der Waals surface area contributed by atoms with E-state index in [0.717, 1.165) is 12.0 Å². The van der Waals surface area contributed by atoms with E-state index in [-0.39, 0.29) is 12.5 Å². The molecule has 0 radical (unpaired) electrons. The fourth-order valence-corrected chi connectivity index (χ4v) is 1.77. The van der Waals surface area contributed by atoms with Crippen LogP contribution in [0.15, 0.2) is 24.3 Å². The number of hydrogen-bond acceptors (Lipinski definition) is 1. The Morgan fingerprint density at radius 3 is 2.18 bits per heavy atom. The number of nitrogens with one attached hydrogen (secondary N) is 1. The fraction of sp³-hybridized carbons (Fsp3) is 0.538. The first-order chi connectivity index (χ1) is 7.96. The second-order valence-corrected chi connectivity index (χ2v) is 4.09. The van der Waals surface area contributed by atoms with Crippen LogP contribution in [0.1, 0.15) is 36.9 Å². The molecule has 1 N–H and O–H groups in total. The summed E-state index contributed by atoms with van der Waals surface area (Å²) in [5.41, 5.74) is 2.10. The van der Waals surface area contributed by atoms with Crippen LogP contribution in [0, 0.1) is 0 Å². The average Bonchev–Trinajstić information content (AvgIpc) is 2.29. The van der Waals surface area contributed by atoms with E-state index in [0.29, 0.717) is 0 Å². The molecule has 0 aliphatic heterocycles. The SMILES string of the molecule is CCc1ccc(C(CCC(F)(F)F)NC)cc1. The highest BCUT2D eigenvalue weighted by molar-refractivity contribution is 5.25. The highest BCUT2D eigenvalue weighted by Gasteiger charge is 2.28. The molecule has 1 unspecified atom stereocenters. The second-order valence-electron chi connectivity index (χ2n) is 4.09. The number of halogens is 3. The Morgan fingerprint density at radius 1 is 1.18 bits per heavy atom. The minimum absolute atomic E-state index is 0.0749. The Balaban J connectivity index is 2.66. The molecule has 0 amide bonds. The van der Waals surface area contributed by atoms with Gasteiger partial charge in [-0.1, -0.05) is 31.2 Å². The van der Waals surface area contributed by atoms with Gasteiger partial charge in [0.05, 0.1) is 0 Å². The molecule has 1 nitrogen and oxygen atoms in total. The molecule has 0 heterocycles. The van der Waals surface area contributed by atoms with Gasteiger partial charge < -0.3 is 5.32 Å². The van der Waals surface area contributed by atoms with Crippen molar-refractivity contribution in [3.05, 3.63) is 35.4 Å². The van der Waals surface area contributed by atoms with Gasteiger partial charge in [0.25, 0.3) is 0 Å². The Bertz CT molecular complexity index is 330. The number of rotatable bonds is 5. The average molecular weight is 245 g/mol. The molecule has 0 saturated heterocycles. The second kappa shape index (κ2) is 6.05. The molecule has 0 aliphatic rings. The molecule has 0 fully saturated rings. The van der Waals surface area contributed by atoms with Crippen molar-refractivity contribution in [3.63, 3.8) is 0 Å². The predicted molar refractivity (Wildman–Crippen MR) is 62.9 cm³/mol. The minimum atomic E-state index is -4.08. The lowest BCUT2D eigenvalue weighted by molar-refractivity contribution is -0.136. The maximum Gasteiger partial charge on any atom is 0.389 e. The topological polar surface area (TPSA) is 12.0 Å². The first-order valence-corrected chi connectivity index (χ1v) is 5.79. The van der Waals surface area contributed by atoms with Gasteiger partial charge in [-0.25, -0.2) is 0 Å². The quantitative estimate of drug-likeness (QED) is 0.830. The van der Waals surface area contributed by atoms with Gasteiger partial charge in [0.15, 0.2) is 0 Å². The smallest absolute Gasteiger partial charge is 0.313 e. The van der Waals surface area contributed by atoms with Crippen molar-refractivity contribution in [2.75, 3.05) is 7.05 Å². The zero-order valence-corrected chi connectivity index (χ0v) is 10.1. The van der Waals surface area contributed by atoms with Crippen LogP contribution in [-0.2, 0) is 6.42 Å². The van der Waals surface area contributed by atoms with Crippen molar-refractivity contribution in [3.8, 4) is 0 Å². The van der Waals surface area contributed by atoms with Gasteiger partial charge in [0, 0.05) is 12.5 Å². The molecule has 0 bridgehead atoms. The highest BCUT2D eigenvalue weighted by atomic mass is 19.4. The molecule has 1 aromatic carbocycles. The largest absolute Gasteiger partial charge is 0.389 e. The summed E-state index contributed by atoms with van der Waals surface area (Å²) in [4.78, 5) is 0. The molecule has 4 heteroatoms. The number of alkyl halides is 3. The van der Waals surface area contributed by atoms with Crippen molar-refractivity contribution >= 4 is 0 Å². The van der Waals surface area contributed by atoms with Gasteiger partial charge in [0.1, 0.15) is 0 Å². The standard InChI is InChI=1S/C13H18F3N/c1-3-10-4-6-11(7-5-10)12(17-2)8-9-13(14,15)16/h4-7,12,17H,3,8-9H2,1-2H3. The zero-order valence-electron chi connectivity index (χ0n) is 10.1. The van der Waals surface area contributed by atoms with Gasteiger partial charge >= 0.3 is 6.18 Å². The molecular formula is C13H18F3N. The third kappa shape index (κ3) is 4.77. The molecule has 1 atom stereocenters. The van der Waals surface area contributed by atoms with Crippen LogP contribution < -0.4 is 5.32 Å². The van der Waals surface area contributed by atoms with Crippen molar-refractivity contribution in [2.24, 2.45) is 0 Å². The van der Waals surface area contributed by atoms with E-state index in [1.807, 2.05) is 31.2 Å². The molecule has 96 valence electrons. The maximum absolute atomic E-state index is 12.2. The van der Waals surface area contributed by atoms with E-state index in [4.69, 9.17) is 0 Å². The zero-order chi connectivity index (χ0) is 12.9. The summed E-state index contributed by atoms with van der Waals surface area (Å²) in [6.45, 7) is 2.05. The normalized spacial score (nSPS) is 13.7. The van der Waals surface area contributed by atoms with E-state index in [1.165, 1.54) is 5.56 Å². The molecule has 1 rings (SSSR count). The summed E-state index contributed by atoms with van der Waals surface area (Å²) in [7, 11) is 1.69. The third-order valence-electron chi connectivity index (χ3n) is 2.86. The maximum atomic E-state index is 12.2. The van der Waals surface area contributed by atoms with E-state index in [2.05, 4.69) is 5.32 Å². The van der Waals surface area contributed by atoms with E-state index >= 15 is 0 Å². The lowest BCUT2D eigenvalue weighted by atomic mass is 10.00. The van der Waals surface area contributed by atoms with Crippen molar-refractivity contribution in [1.82, 2.24) is 5.32 Å². The minimum Gasteiger partial charge on any atom is -0.313 e. The van der Waals surface area contributed by atoms with E-state index in [9.17, 15) is 13.2 Å². The molecule has 0 aliphatic carbocycles. The monoisotopic (exact) mass is 245 g/mol. The Morgan fingerprint density at radius 2 is 1.76 bits per heavy atom. The van der Waals surface area contributed by atoms with Gasteiger partial charge in [-0.05, 0) is 31.0 Å². The molecule has 0 aromatic heterocycles. The summed E-state index contributed by atoms with van der Waals surface area (Å²) < 4.78 is 36.5. The molecule has 0 spiro atoms. The lowest BCUT2D eigenvalue weighted by Gasteiger charge is -2.18. The van der Waals surface area contributed by atoms with Crippen LogP contribution in [0.5, 0.6) is 0 Å². The number of benzene rings is 1. The molecule has 1 aromatic rings. The van der Waals surface area contributed by atoms with Crippen LogP contribution in [0.3, 0.4) is 0 Å². The van der Waals surface area contributed by atoms with Gasteiger partial charge in [0.2, 0.25) is 0 Å². The Kier molecular flexibility index (Phi) is 5.00. The number of hydrogen-bond donors (Lipinski definition) is 1. The molecular weight excluding hydrogens is 227 g/mol. The van der Waals surface area contributed by atoms with Crippen LogP contribution >= 0.6 is 0 Å². The first-order valence-electron chi connectivity index (χ1n) is 5.79. The summed E-state index contributed by atoms with van der Waals surface area (Å²) in [5, 5.41) is 2.93. The summed E-state index contributed by atoms with van der Waals surface area (Å²) in [6.07, 6.45) is -3.83. The third-order valence-corrected chi connectivity index (χ3v) is 2.86. The number of aryl methyl sites for hydroxylation is 1. The Labute approximate surface area is 100 Å². The molecule has 0 saturated carbocycles.